The zero-order valence-corrected chi connectivity index (χ0v) is 17.1. The minimum Gasteiger partial charge on any atom is -0.302 e. The molecule has 0 bridgehead atoms. The van der Waals surface area contributed by atoms with Crippen LogP contribution in [0.4, 0.5) is 5.13 Å². The first-order chi connectivity index (χ1) is 13.1. The molecule has 4 nitrogen and oxygen atoms in total. The van der Waals surface area contributed by atoms with Crippen LogP contribution in [0.3, 0.4) is 0 Å². The molecule has 3 aromatic rings. The second-order valence-electron chi connectivity index (χ2n) is 6.42. The largest absolute Gasteiger partial charge is 0.302 e. The second-order valence-corrected chi connectivity index (χ2v) is 8.56. The number of carbonyl (C=O) groups is 1. The van der Waals surface area contributed by atoms with Gasteiger partial charge in [-0.05, 0) is 18.1 Å². The summed E-state index contributed by atoms with van der Waals surface area (Å²) >= 11 is 3.28. The highest BCUT2D eigenvalue weighted by Crippen LogP contribution is 2.36. The van der Waals surface area contributed by atoms with Gasteiger partial charge in [-0.25, -0.2) is 4.98 Å². The summed E-state index contributed by atoms with van der Waals surface area (Å²) in [5.41, 5.74) is 3.09. The van der Waals surface area contributed by atoms with Crippen LogP contribution in [-0.4, -0.2) is 21.6 Å². The molecule has 0 fully saturated rings. The predicted octanol–water partition coefficient (Wildman–Crippen LogP) is 5.59. The zero-order chi connectivity index (χ0) is 19.1. The Bertz CT molecular complexity index is 864. The summed E-state index contributed by atoms with van der Waals surface area (Å²) in [4.78, 5) is 22.5. The number of thiazole rings is 1. The first kappa shape index (κ1) is 19.6. The monoisotopic (exact) mass is 397 g/mol. The Morgan fingerprint density at radius 1 is 1.15 bits per heavy atom. The Kier molecular flexibility index (Phi) is 7.01. The highest BCUT2D eigenvalue weighted by atomic mass is 32.2. The molecule has 27 heavy (non-hydrogen) atoms. The van der Waals surface area contributed by atoms with Gasteiger partial charge in [0.25, 0.3) is 0 Å². The van der Waals surface area contributed by atoms with Crippen LogP contribution in [0.2, 0.25) is 0 Å². The first-order valence-corrected chi connectivity index (χ1v) is 10.9. The maximum Gasteiger partial charge on any atom is 0.226 e. The molecule has 0 atom stereocenters. The summed E-state index contributed by atoms with van der Waals surface area (Å²) in [5.74, 6) is 1.95. The summed E-state index contributed by atoms with van der Waals surface area (Å²) in [6, 6.07) is 16.0. The molecule has 2 aromatic heterocycles. The van der Waals surface area contributed by atoms with Crippen molar-refractivity contribution < 1.29 is 4.79 Å². The Balaban J connectivity index is 1.56. The van der Waals surface area contributed by atoms with E-state index in [1.807, 2.05) is 36.4 Å². The predicted molar refractivity (Wildman–Crippen MR) is 115 cm³/mol. The van der Waals surface area contributed by atoms with Crippen molar-refractivity contribution in [2.24, 2.45) is 0 Å². The molecular weight excluding hydrogens is 374 g/mol. The highest BCUT2D eigenvalue weighted by Gasteiger charge is 2.17. The number of anilines is 1. The molecule has 0 aliphatic rings. The van der Waals surface area contributed by atoms with E-state index in [0.717, 1.165) is 28.5 Å². The zero-order valence-electron chi connectivity index (χ0n) is 15.5. The van der Waals surface area contributed by atoms with Gasteiger partial charge in [-0.1, -0.05) is 50.2 Å². The lowest BCUT2D eigenvalue weighted by atomic mass is 10.1. The molecule has 1 N–H and O–H groups in total. The summed E-state index contributed by atoms with van der Waals surface area (Å²) in [7, 11) is 0. The molecular formula is C21H23N3OS2. The van der Waals surface area contributed by atoms with Crippen LogP contribution in [0, 0.1) is 0 Å². The highest BCUT2D eigenvalue weighted by molar-refractivity contribution is 7.98. The number of nitrogens with one attached hydrogen (secondary N) is 1. The van der Waals surface area contributed by atoms with Crippen molar-refractivity contribution in [3.8, 4) is 11.3 Å². The lowest BCUT2D eigenvalue weighted by molar-refractivity contribution is -0.115. The van der Waals surface area contributed by atoms with Gasteiger partial charge < -0.3 is 5.32 Å². The van der Waals surface area contributed by atoms with Crippen LogP contribution in [0.15, 0.2) is 54.7 Å². The maximum atomic E-state index is 12.3. The minimum absolute atomic E-state index is 0.00666. The van der Waals surface area contributed by atoms with Crippen LogP contribution in [0.1, 0.15) is 36.8 Å². The third-order valence-electron chi connectivity index (χ3n) is 3.92. The number of benzene rings is 1. The third-order valence-corrected chi connectivity index (χ3v) is 6.18. The Hall–Kier alpha value is -2.18. The van der Waals surface area contributed by atoms with Gasteiger partial charge in [0.1, 0.15) is 0 Å². The fourth-order valence-corrected chi connectivity index (χ4v) is 4.45. The van der Waals surface area contributed by atoms with E-state index in [1.54, 1.807) is 29.3 Å². The normalized spacial score (nSPS) is 10.9. The van der Waals surface area contributed by atoms with E-state index < -0.39 is 0 Å². The van der Waals surface area contributed by atoms with E-state index in [-0.39, 0.29) is 5.91 Å². The number of thioether (sulfide) groups is 1. The minimum atomic E-state index is 0.00666. The molecule has 1 amide bonds. The topological polar surface area (TPSA) is 54.9 Å². The summed E-state index contributed by atoms with van der Waals surface area (Å²) in [5, 5.41) is 3.64. The van der Waals surface area contributed by atoms with Gasteiger partial charge >= 0.3 is 0 Å². The van der Waals surface area contributed by atoms with E-state index >= 15 is 0 Å². The van der Waals surface area contributed by atoms with E-state index in [0.29, 0.717) is 17.5 Å². The number of amides is 1. The quantitative estimate of drug-likeness (QED) is 0.503. The van der Waals surface area contributed by atoms with Crippen molar-refractivity contribution in [1.29, 1.82) is 0 Å². The van der Waals surface area contributed by atoms with Crippen LogP contribution in [-0.2, 0) is 10.5 Å². The molecule has 0 spiro atoms. The molecule has 1 aromatic carbocycles. The van der Waals surface area contributed by atoms with Crippen molar-refractivity contribution in [3.63, 3.8) is 0 Å². The Morgan fingerprint density at radius 2 is 1.93 bits per heavy atom. The molecule has 0 aliphatic carbocycles. The van der Waals surface area contributed by atoms with Crippen molar-refractivity contribution in [2.75, 3.05) is 11.1 Å². The van der Waals surface area contributed by atoms with Crippen LogP contribution >= 0.6 is 23.1 Å². The average Bonchev–Trinajstić information content (AvgIpc) is 3.11. The average molecular weight is 398 g/mol. The Labute approximate surface area is 168 Å². The third kappa shape index (κ3) is 5.65. The molecule has 6 heteroatoms. The lowest BCUT2D eigenvalue weighted by Gasteiger charge is -2.04. The standard InChI is InChI=1S/C21H23N3OS2/c1-15(2)20-19(16-8-4-3-5-9-16)24-21(27-20)23-18(25)11-13-26-14-17-10-6-7-12-22-17/h3-10,12,15H,11,13-14H2,1-2H3,(H,23,24,25). The number of carbonyl (C=O) groups excluding carboxylic acids is 1. The van der Waals surface area contributed by atoms with Crippen molar-refractivity contribution >= 4 is 34.1 Å². The van der Waals surface area contributed by atoms with Gasteiger partial charge in [-0.2, -0.15) is 11.8 Å². The van der Waals surface area contributed by atoms with Gasteiger partial charge in [-0.15, -0.1) is 11.3 Å². The molecule has 3 rings (SSSR count). The van der Waals surface area contributed by atoms with Gasteiger partial charge in [0, 0.05) is 34.6 Å². The smallest absolute Gasteiger partial charge is 0.226 e. The van der Waals surface area contributed by atoms with Crippen molar-refractivity contribution in [2.45, 2.75) is 31.9 Å². The molecule has 0 radical (unpaired) electrons. The summed E-state index contributed by atoms with van der Waals surface area (Å²) < 4.78 is 0. The molecule has 0 aliphatic heterocycles. The molecule has 0 unspecified atom stereocenters. The molecule has 140 valence electrons. The van der Waals surface area contributed by atoms with Crippen LogP contribution < -0.4 is 5.32 Å². The van der Waals surface area contributed by atoms with E-state index in [2.05, 4.69) is 41.3 Å². The number of pyridine rings is 1. The lowest BCUT2D eigenvalue weighted by Crippen LogP contribution is -2.12. The van der Waals surface area contributed by atoms with Gasteiger partial charge in [-0.3, -0.25) is 9.78 Å². The van der Waals surface area contributed by atoms with Gasteiger partial charge in [0.15, 0.2) is 5.13 Å². The summed E-state index contributed by atoms with van der Waals surface area (Å²) in [6.45, 7) is 4.31. The van der Waals surface area contributed by atoms with E-state index in [4.69, 9.17) is 0 Å². The molecule has 2 heterocycles. The molecule has 0 saturated heterocycles. The van der Waals surface area contributed by atoms with Gasteiger partial charge in [0.05, 0.1) is 11.4 Å². The Morgan fingerprint density at radius 3 is 2.63 bits per heavy atom. The number of nitrogens with zero attached hydrogens (tertiary/aromatic N) is 2. The molecule has 0 saturated carbocycles. The SMILES string of the molecule is CC(C)c1sc(NC(=O)CCSCc2ccccn2)nc1-c1ccccc1. The second kappa shape index (κ2) is 9.67. The van der Waals surface area contributed by atoms with Crippen molar-refractivity contribution in [1.82, 2.24) is 9.97 Å². The maximum absolute atomic E-state index is 12.3. The van der Waals surface area contributed by atoms with Crippen molar-refractivity contribution in [3.05, 3.63) is 65.3 Å². The van der Waals surface area contributed by atoms with Crippen LogP contribution in [0.5, 0.6) is 0 Å². The number of aromatic nitrogens is 2. The van der Waals surface area contributed by atoms with Gasteiger partial charge in [0.2, 0.25) is 5.91 Å². The fraction of sp³-hybridized carbons (Fsp3) is 0.286. The number of hydrogen-bond acceptors (Lipinski definition) is 5. The first-order valence-electron chi connectivity index (χ1n) is 8.97. The van der Waals surface area contributed by atoms with Crippen LogP contribution in [0.25, 0.3) is 11.3 Å². The van der Waals surface area contributed by atoms with E-state index in [9.17, 15) is 4.79 Å². The van der Waals surface area contributed by atoms with E-state index in [1.165, 1.54) is 4.88 Å². The summed E-state index contributed by atoms with van der Waals surface area (Å²) in [6.07, 6.45) is 2.26. The number of hydrogen-bond donors (Lipinski definition) is 1. The number of rotatable bonds is 8. The fourth-order valence-electron chi connectivity index (χ4n) is 2.59.